The lowest BCUT2D eigenvalue weighted by atomic mass is 9.94. The van der Waals surface area contributed by atoms with E-state index in [1.54, 1.807) is 24.4 Å². The Balaban J connectivity index is 1.58. The number of amides is 1. The Labute approximate surface area is 210 Å². The maximum absolute atomic E-state index is 14.6. The van der Waals surface area contributed by atoms with Crippen LogP contribution in [0.15, 0.2) is 85.1 Å². The molecule has 3 N–H and O–H groups in total. The first-order valence-electron chi connectivity index (χ1n) is 12.0. The van der Waals surface area contributed by atoms with Gasteiger partial charge in [-0.3, -0.25) is 5.10 Å². The van der Waals surface area contributed by atoms with Gasteiger partial charge in [0.25, 0.3) is 0 Å². The van der Waals surface area contributed by atoms with E-state index in [1.165, 1.54) is 6.07 Å². The second-order valence-corrected chi connectivity index (χ2v) is 9.48. The Hall–Kier alpha value is -3.97. The van der Waals surface area contributed by atoms with Crippen LogP contribution < -0.4 is 10.6 Å². The minimum Gasteiger partial charge on any atom is -0.444 e. The van der Waals surface area contributed by atoms with Gasteiger partial charge in [0.2, 0.25) is 0 Å². The van der Waals surface area contributed by atoms with Crippen molar-refractivity contribution in [2.24, 2.45) is 0 Å². The predicted molar refractivity (Wildman–Crippen MR) is 140 cm³/mol. The first-order chi connectivity index (χ1) is 17.3. The lowest BCUT2D eigenvalue weighted by Gasteiger charge is -2.22. The van der Waals surface area contributed by atoms with Crippen molar-refractivity contribution in [2.45, 2.75) is 32.4 Å². The summed E-state index contributed by atoms with van der Waals surface area (Å²) in [6.07, 6.45) is 1.25. The minimum absolute atomic E-state index is 0.288. The fraction of sp³-hybridized carbons (Fsp3) is 0.241. The third kappa shape index (κ3) is 6.37. The number of halogens is 1. The highest BCUT2D eigenvalue weighted by Crippen LogP contribution is 2.32. The zero-order chi connectivity index (χ0) is 25.5. The van der Waals surface area contributed by atoms with Crippen molar-refractivity contribution in [3.05, 3.63) is 102 Å². The third-order valence-corrected chi connectivity index (χ3v) is 5.62. The van der Waals surface area contributed by atoms with E-state index in [2.05, 4.69) is 57.2 Å². The molecular weight excluding hydrogens is 455 g/mol. The molecule has 0 aliphatic carbocycles. The molecule has 0 radical (unpaired) electrons. The van der Waals surface area contributed by atoms with Crippen molar-refractivity contribution in [2.75, 3.05) is 13.1 Å². The van der Waals surface area contributed by atoms with E-state index in [0.29, 0.717) is 24.3 Å². The smallest absolute Gasteiger partial charge is 0.407 e. The number of alkyl carbamates (subject to hydrolysis) is 1. The molecule has 3 aromatic carbocycles. The summed E-state index contributed by atoms with van der Waals surface area (Å²) in [5.74, 6) is -0.326. The zero-order valence-electron chi connectivity index (χ0n) is 20.7. The van der Waals surface area contributed by atoms with Gasteiger partial charge in [-0.1, -0.05) is 66.7 Å². The molecule has 1 unspecified atom stereocenters. The summed E-state index contributed by atoms with van der Waals surface area (Å²) in [7, 11) is 0. The van der Waals surface area contributed by atoms with Crippen molar-refractivity contribution >= 4 is 6.09 Å². The second kappa shape index (κ2) is 11.2. The van der Waals surface area contributed by atoms with E-state index in [0.717, 1.165) is 22.3 Å². The van der Waals surface area contributed by atoms with Crippen molar-refractivity contribution in [1.82, 2.24) is 20.8 Å². The summed E-state index contributed by atoms with van der Waals surface area (Å²) in [4.78, 5) is 12.0. The fourth-order valence-electron chi connectivity index (χ4n) is 4.00. The number of nitrogens with zero attached hydrogens (tertiary/aromatic N) is 1. The molecule has 0 bridgehead atoms. The Bertz CT molecular complexity index is 1280. The van der Waals surface area contributed by atoms with Crippen LogP contribution >= 0.6 is 0 Å². The van der Waals surface area contributed by atoms with Gasteiger partial charge in [-0.25, -0.2) is 9.18 Å². The second-order valence-electron chi connectivity index (χ2n) is 9.48. The number of rotatable bonds is 8. The first kappa shape index (κ1) is 25.1. The average molecular weight is 487 g/mol. The van der Waals surface area contributed by atoms with E-state index in [4.69, 9.17) is 4.74 Å². The molecule has 0 saturated carbocycles. The number of benzene rings is 3. The Morgan fingerprint density at radius 1 is 0.944 bits per heavy atom. The summed E-state index contributed by atoms with van der Waals surface area (Å²) in [6, 6.07) is 24.7. The highest BCUT2D eigenvalue weighted by molar-refractivity contribution is 5.68. The molecule has 0 aliphatic heterocycles. The van der Waals surface area contributed by atoms with Gasteiger partial charge in [-0.15, -0.1) is 0 Å². The molecule has 7 heteroatoms. The largest absolute Gasteiger partial charge is 0.444 e. The summed E-state index contributed by atoms with van der Waals surface area (Å²) < 4.78 is 20.0. The molecule has 4 rings (SSSR count). The van der Waals surface area contributed by atoms with E-state index in [-0.39, 0.29) is 11.9 Å². The van der Waals surface area contributed by atoms with Gasteiger partial charge in [-0.2, -0.15) is 5.10 Å². The van der Waals surface area contributed by atoms with Crippen molar-refractivity contribution in [3.63, 3.8) is 0 Å². The van der Waals surface area contributed by atoms with Crippen molar-refractivity contribution in [1.29, 1.82) is 0 Å². The van der Waals surface area contributed by atoms with E-state index in [1.807, 2.05) is 39.0 Å². The molecule has 0 saturated heterocycles. The first-order valence-corrected chi connectivity index (χ1v) is 12.0. The van der Waals surface area contributed by atoms with Crippen LogP contribution in [0.1, 0.15) is 37.9 Å². The third-order valence-electron chi connectivity index (χ3n) is 5.62. The monoisotopic (exact) mass is 486 g/mol. The maximum Gasteiger partial charge on any atom is 0.407 e. The van der Waals surface area contributed by atoms with Crippen molar-refractivity contribution in [3.8, 4) is 22.4 Å². The number of nitrogens with one attached hydrogen (secondary N) is 3. The van der Waals surface area contributed by atoms with Gasteiger partial charge in [-0.05, 0) is 49.6 Å². The minimum atomic E-state index is -0.563. The molecule has 1 heterocycles. The Morgan fingerprint density at radius 3 is 2.31 bits per heavy atom. The van der Waals surface area contributed by atoms with Crippen LogP contribution in [0.5, 0.6) is 0 Å². The van der Waals surface area contributed by atoms with E-state index >= 15 is 0 Å². The van der Waals surface area contributed by atoms with Crippen LogP contribution in [0, 0.1) is 5.82 Å². The number of aromatic nitrogens is 2. The Morgan fingerprint density at radius 2 is 1.61 bits per heavy atom. The van der Waals surface area contributed by atoms with Crippen LogP contribution in [0.25, 0.3) is 22.4 Å². The number of carbonyl (C=O) groups excluding carboxylic acids is 1. The zero-order valence-corrected chi connectivity index (χ0v) is 20.7. The topological polar surface area (TPSA) is 79.0 Å². The quantitative estimate of drug-likeness (QED) is 0.264. The Kier molecular flexibility index (Phi) is 7.80. The molecule has 1 aromatic heterocycles. The molecular formula is C29H31FN4O2. The number of H-pyrrole nitrogens is 1. The average Bonchev–Trinajstić information content (AvgIpc) is 3.33. The van der Waals surface area contributed by atoms with Crippen LogP contribution in [-0.2, 0) is 4.74 Å². The van der Waals surface area contributed by atoms with Crippen LogP contribution in [0.4, 0.5) is 9.18 Å². The van der Waals surface area contributed by atoms with Crippen LogP contribution in [0.2, 0.25) is 0 Å². The lowest BCUT2D eigenvalue weighted by molar-refractivity contribution is 0.0528. The number of hydrogen-bond donors (Lipinski definition) is 3. The fourth-order valence-corrected chi connectivity index (χ4v) is 4.00. The predicted octanol–water partition coefficient (Wildman–Crippen LogP) is 6.09. The summed E-state index contributed by atoms with van der Waals surface area (Å²) >= 11 is 0. The molecule has 186 valence electrons. The number of aromatic amines is 1. The normalized spacial score (nSPS) is 12.2. The summed E-state index contributed by atoms with van der Waals surface area (Å²) in [6.45, 7) is 6.29. The molecule has 0 aliphatic rings. The lowest BCUT2D eigenvalue weighted by Crippen LogP contribution is -2.37. The number of ether oxygens (including phenoxy) is 1. The SMILES string of the molecule is CC(C)(C)OC(=O)NCCNC(c1ccc(-c2ccccc2)cc1)c1cn[nH]c1-c1ccccc1F. The van der Waals surface area contributed by atoms with Crippen LogP contribution in [-0.4, -0.2) is 35.0 Å². The van der Waals surface area contributed by atoms with Crippen molar-refractivity contribution < 1.29 is 13.9 Å². The highest BCUT2D eigenvalue weighted by Gasteiger charge is 2.22. The highest BCUT2D eigenvalue weighted by atomic mass is 19.1. The maximum atomic E-state index is 14.6. The van der Waals surface area contributed by atoms with Gasteiger partial charge in [0, 0.05) is 24.2 Å². The molecule has 0 spiro atoms. The van der Waals surface area contributed by atoms with Gasteiger partial charge < -0.3 is 15.4 Å². The molecule has 0 fully saturated rings. The van der Waals surface area contributed by atoms with E-state index in [9.17, 15) is 9.18 Å². The molecule has 6 nitrogen and oxygen atoms in total. The molecule has 36 heavy (non-hydrogen) atoms. The van der Waals surface area contributed by atoms with Gasteiger partial charge in [0.15, 0.2) is 0 Å². The summed E-state index contributed by atoms with van der Waals surface area (Å²) in [5.41, 5.74) is 4.53. The summed E-state index contributed by atoms with van der Waals surface area (Å²) in [5, 5.41) is 13.5. The molecule has 4 aromatic rings. The van der Waals surface area contributed by atoms with E-state index < -0.39 is 11.7 Å². The van der Waals surface area contributed by atoms with Crippen LogP contribution in [0.3, 0.4) is 0 Å². The molecule has 1 amide bonds. The van der Waals surface area contributed by atoms with Gasteiger partial charge in [0.05, 0.1) is 17.9 Å². The van der Waals surface area contributed by atoms with Gasteiger partial charge >= 0.3 is 6.09 Å². The number of hydrogen-bond acceptors (Lipinski definition) is 4. The number of carbonyl (C=O) groups is 1. The molecule has 1 atom stereocenters. The standard InChI is InChI=1S/C29H31FN4O2/c1-29(2,3)36-28(35)32-18-17-31-26(22-15-13-21(14-16-22)20-9-5-4-6-10-20)24-19-33-34-27(24)23-11-7-8-12-25(23)30/h4-16,19,26,31H,17-18H2,1-3H3,(H,32,35)(H,33,34). The van der Waals surface area contributed by atoms with Gasteiger partial charge in [0.1, 0.15) is 11.4 Å².